The van der Waals surface area contributed by atoms with Crippen molar-refractivity contribution in [1.82, 2.24) is 5.32 Å². The molecule has 0 saturated carbocycles. The molecule has 0 aliphatic heterocycles. The first-order valence-corrected chi connectivity index (χ1v) is 8.51. The number of rotatable bonds is 8. The van der Waals surface area contributed by atoms with Crippen LogP contribution in [0.3, 0.4) is 0 Å². The standard InChI is InChI=1S/C11H16.C9H19N/c1-3-7-11-9-6-5-8-10(11)4-2;1-5-9(4)6-7-10-8(2)3/h5-6,8-9H,3-4,7H2,1-2H3;9-10H,2,5-7H2,1,3-4H3. The van der Waals surface area contributed by atoms with E-state index < -0.39 is 0 Å². The van der Waals surface area contributed by atoms with E-state index in [4.69, 9.17) is 0 Å². The first-order chi connectivity index (χ1) is 10.0. The zero-order chi connectivity index (χ0) is 16.1. The van der Waals surface area contributed by atoms with Crippen molar-refractivity contribution in [3.8, 4) is 0 Å². The summed E-state index contributed by atoms with van der Waals surface area (Å²) in [6.45, 7) is 15.8. The van der Waals surface area contributed by atoms with Crippen molar-refractivity contribution >= 4 is 0 Å². The van der Waals surface area contributed by atoms with Gasteiger partial charge in [0.1, 0.15) is 0 Å². The minimum atomic E-state index is 0.840. The first kappa shape index (κ1) is 19.8. The van der Waals surface area contributed by atoms with E-state index in [0.717, 1.165) is 24.6 Å². The van der Waals surface area contributed by atoms with Gasteiger partial charge in [0.05, 0.1) is 0 Å². The molecule has 21 heavy (non-hydrogen) atoms. The van der Waals surface area contributed by atoms with E-state index in [1.165, 1.54) is 36.8 Å². The Labute approximate surface area is 132 Å². The van der Waals surface area contributed by atoms with Gasteiger partial charge in [-0.25, -0.2) is 0 Å². The summed E-state index contributed by atoms with van der Waals surface area (Å²) in [5, 5.41) is 3.22. The molecule has 1 unspecified atom stereocenters. The van der Waals surface area contributed by atoms with Gasteiger partial charge in [-0.2, -0.15) is 0 Å². The van der Waals surface area contributed by atoms with Gasteiger partial charge in [0.2, 0.25) is 0 Å². The van der Waals surface area contributed by atoms with Crippen molar-refractivity contribution in [3.05, 3.63) is 47.7 Å². The maximum atomic E-state index is 3.77. The maximum Gasteiger partial charge on any atom is 0.0146 e. The van der Waals surface area contributed by atoms with Crippen LogP contribution < -0.4 is 5.32 Å². The Morgan fingerprint density at radius 3 is 2.24 bits per heavy atom. The second kappa shape index (κ2) is 12.5. The van der Waals surface area contributed by atoms with Gasteiger partial charge in [0.15, 0.2) is 0 Å². The molecular formula is C20H35N. The van der Waals surface area contributed by atoms with Gasteiger partial charge < -0.3 is 5.32 Å². The Morgan fingerprint density at radius 2 is 1.76 bits per heavy atom. The van der Waals surface area contributed by atoms with Crippen LogP contribution in [0.15, 0.2) is 36.5 Å². The van der Waals surface area contributed by atoms with Crippen molar-refractivity contribution in [1.29, 1.82) is 0 Å². The summed E-state index contributed by atoms with van der Waals surface area (Å²) in [7, 11) is 0. The Hall–Kier alpha value is -1.24. The van der Waals surface area contributed by atoms with E-state index in [-0.39, 0.29) is 0 Å². The largest absolute Gasteiger partial charge is 0.389 e. The second-order valence-corrected chi connectivity index (χ2v) is 5.88. The first-order valence-electron chi connectivity index (χ1n) is 8.51. The lowest BCUT2D eigenvalue weighted by Crippen LogP contribution is -2.14. The lowest BCUT2D eigenvalue weighted by Gasteiger charge is -2.09. The number of hydrogen-bond donors (Lipinski definition) is 1. The summed E-state index contributed by atoms with van der Waals surface area (Å²) in [4.78, 5) is 0. The second-order valence-electron chi connectivity index (χ2n) is 5.88. The van der Waals surface area contributed by atoms with Crippen LogP contribution in [0.25, 0.3) is 0 Å². The highest BCUT2D eigenvalue weighted by molar-refractivity contribution is 5.26. The third-order valence-electron chi connectivity index (χ3n) is 3.78. The fraction of sp³-hybridized carbons (Fsp3) is 0.600. The van der Waals surface area contributed by atoms with Gasteiger partial charge in [-0.05, 0) is 43.2 Å². The Kier molecular flexibility index (Phi) is 11.8. The van der Waals surface area contributed by atoms with E-state index >= 15 is 0 Å². The molecule has 0 fully saturated rings. The fourth-order valence-electron chi connectivity index (χ4n) is 2.15. The normalized spacial score (nSPS) is 11.3. The fourth-order valence-corrected chi connectivity index (χ4v) is 2.15. The third-order valence-corrected chi connectivity index (χ3v) is 3.78. The average molecular weight is 290 g/mol. The molecular weight excluding hydrogens is 254 g/mol. The monoisotopic (exact) mass is 289 g/mol. The summed E-state index contributed by atoms with van der Waals surface area (Å²) in [6.07, 6.45) is 6.17. The molecule has 1 aromatic carbocycles. The lowest BCUT2D eigenvalue weighted by molar-refractivity contribution is 0.504. The number of aryl methyl sites for hydroxylation is 2. The molecule has 120 valence electrons. The number of allylic oxidation sites excluding steroid dienone is 1. The van der Waals surface area contributed by atoms with E-state index in [2.05, 4.69) is 63.9 Å². The molecule has 1 nitrogen and oxygen atoms in total. The summed E-state index contributed by atoms with van der Waals surface area (Å²) in [5.41, 5.74) is 4.11. The molecule has 1 N–H and O–H groups in total. The van der Waals surface area contributed by atoms with E-state index in [9.17, 15) is 0 Å². The number of benzene rings is 1. The van der Waals surface area contributed by atoms with Crippen molar-refractivity contribution < 1.29 is 0 Å². The number of hydrogen-bond acceptors (Lipinski definition) is 1. The van der Waals surface area contributed by atoms with Crippen LogP contribution in [0, 0.1) is 5.92 Å². The van der Waals surface area contributed by atoms with E-state index in [0.29, 0.717) is 0 Å². The van der Waals surface area contributed by atoms with Gasteiger partial charge in [0.25, 0.3) is 0 Å². The molecule has 0 aliphatic carbocycles. The smallest absolute Gasteiger partial charge is 0.0146 e. The van der Waals surface area contributed by atoms with E-state index in [1.807, 2.05) is 6.92 Å². The lowest BCUT2D eigenvalue weighted by atomic mass is 10.0. The van der Waals surface area contributed by atoms with Crippen molar-refractivity contribution in [2.75, 3.05) is 6.54 Å². The maximum absolute atomic E-state index is 3.77. The highest BCUT2D eigenvalue weighted by atomic mass is 14.9. The minimum absolute atomic E-state index is 0.840. The van der Waals surface area contributed by atoms with Gasteiger partial charge in [0, 0.05) is 12.2 Å². The Morgan fingerprint density at radius 1 is 1.14 bits per heavy atom. The summed E-state index contributed by atoms with van der Waals surface area (Å²) < 4.78 is 0. The summed E-state index contributed by atoms with van der Waals surface area (Å²) in [5.74, 6) is 0.840. The molecule has 1 rings (SSSR count). The molecule has 0 heterocycles. The van der Waals surface area contributed by atoms with Gasteiger partial charge in [-0.3, -0.25) is 0 Å². The predicted molar refractivity (Wildman–Crippen MR) is 96.7 cm³/mol. The van der Waals surface area contributed by atoms with Crippen LogP contribution in [0.1, 0.15) is 65.0 Å². The molecule has 0 bridgehead atoms. The zero-order valence-electron chi connectivity index (χ0n) is 14.8. The van der Waals surface area contributed by atoms with Crippen molar-refractivity contribution in [2.24, 2.45) is 5.92 Å². The summed E-state index contributed by atoms with van der Waals surface area (Å²) in [6, 6.07) is 8.72. The van der Waals surface area contributed by atoms with Gasteiger partial charge >= 0.3 is 0 Å². The average Bonchev–Trinajstić information content (AvgIpc) is 2.48. The Balaban J connectivity index is 0.000000384. The topological polar surface area (TPSA) is 12.0 Å². The van der Waals surface area contributed by atoms with Crippen molar-refractivity contribution in [2.45, 2.75) is 66.7 Å². The molecule has 0 aliphatic rings. The summed E-state index contributed by atoms with van der Waals surface area (Å²) >= 11 is 0. The highest BCUT2D eigenvalue weighted by Crippen LogP contribution is 2.10. The van der Waals surface area contributed by atoms with Gasteiger partial charge in [-0.15, -0.1) is 0 Å². The number of nitrogens with one attached hydrogen (secondary N) is 1. The van der Waals surface area contributed by atoms with Gasteiger partial charge in [-0.1, -0.05) is 71.4 Å². The molecule has 0 radical (unpaired) electrons. The van der Waals surface area contributed by atoms with Crippen LogP contribution in [-0.2, 0) is 12.8 Å². The molecule has 0 aromatic heterocycles. The SMILES string of the molecule is C=C(C)NCCC(C)CC.CCCc1ccccc1CC. The van der Waals surface area contributed by atoms with Crippen molar-refractivity contribution in [3.63, 3.8) is 0 Å². The minimum Gasteiger partial charge on any atom is -0.389 e. The molecule has 0 saturated heterocycles. The highest BCUT2D eigenvalue weighted by Gasteiger charge is 1.96. The van der Waals surface area contributed by atoms with Crippen LogP contribution in [0.4, 0.5) is 0 Å². The predicted octanol–water partition coefficient (Wildman–Crippen LogP) is 5.75. The Bertz CT molecular complexity index is 381. The molecule has 1 atom stereocenters. The van der Waals surface area contributed by atoms with E-state index in [1.54, 1.807) is 0 Å². The van der Waals surface area contributed by atoms with Crippen LogP contribution in [0.2, 0.25) is 0 Å². The molecule has 0 spiro atoms. The molecule has 1 aromatic rings. The quantitative estimate of drug-likeness (QED) is 0.642. The van der Waals surface area contributed by atoms with Crippen LogP contribution in [-0.4, -0.2) is 6.54 Å². The molecule has 1 heteroatoms. The van der Waals surface area contributed by atoms with Crippen LogP contribution >= 0.6 is 0 Å². The zero-order valence-corrected chi connectivity index (χ0v) is 14.8. The third kappa shape index (κ3) is 10.2. The molecule has 0 amide bonds. The van der Waals surface area contributed by atoms with Crippen LogP contribution in [0.5, 0.6) is 0 Å².